The van der Waals surface area contributed by atoms with E-state index in [2.05, 4.69) is 0 Å². The van der Waals surface area contributed by atoms with E-state index in [1.807, 2.05) is 31.2 Å². The lowest BCUT2D eigenvalue weighted by Gasteiger charge is -2.07. The second-order valence-electron chi connectivity index (χ2n) is 4.95. The summed E-state index contributed by atoms with van der Waals surface area (Å²) in [5, 5.41) is 0. The Morgan fingerprint density at radius 1 is 1.39 bits per heavy atom. The van der Waals surface area contributed by atoms with Crippen LogP contribution in [0, 0.1) is 5.92 Å². The minimum absolute atomic E-state index is 0.00721. The summed E-state index contributed by atoms with van der Waals surface area (Å²) < 4.78 is 22.7. The molecule has 0 amide bonds. The number of benzene rings is 1. The van der Waals surface area contributed by atoms with Crippen LogP contribution in [-0.4, -0.2) is 25.7 Å². The third-order valence-corrected chi connectivity index (χ3v) is 5.29. The van der Waals surface area contributed by atoms with Crippen LogP contribution in [-0.2, 0) is 16.3 Å². The van der Waals surface area contributed by atoms with Crippen LogP contribution in [0.5, 0.6) is 0 Å². The number of hydrogen-bond acceptors (Lipinski definition) is 3. The molecule has 2 rings (SSSR count). The zero-order valence-electron chi connectivity index (χ0n) is 10.6. The molecule has 0 bridgehead atoms. The molecule has 1 fully saturated rings. The Morgan fingerprint density at radius 2 is 2.17 bits per heavy atom. The zero-order valence-corrected chi connectivity index (χ0v) is 11.4. The van der Waals surface area contributed by atoms with Crippen LogP contribution in [0.1, 0.15) is 35.7 Å². The molecule has 0 N–H and O–H groups in total. The third kappa shape index (κ3) is 3.19. The topological polar surface area (TPSA) is 51.2 Å². The highest BCUT2D eigenvalue weighted by molar-refractivity contribution is 7.91. The van der Waals surface area contributed by atoms with Crippen molar-refractivity contribution in [3.63, 3.8) is 0 Å². The minimum Gasteiger partial charge on any atom is -0.294 e. The van der Waals surface area contributed by atoms with Crippen LogP contribution in [0.4, 0.5) is 0 Å². The number of ketones is 1. The van der Waals surface area contributed by atoms with Crippen molar-refractivity contribution in [1.82, 2.24) is 0 Å². The summed E-state index contributed by atoms with van der Waals surface area (Å²) in [6.45, 7) is 2.05. The SMILES string of the molecule is CCc1cccc(C(=O)CC2CCS(=O)(=O)C2)c1. The molecule has 1 aliphatic rings. The molecule has 1 aromatic rings. The summed E-state index contributed by atoms with van der Waals surface area (Å²) in [5.74, 6) is 0.478. The Morgan fingerprint density at radius 3 is 2.78 bits per heavy atom. The maximum atomic E-state index is 12.1. The normalized spacial score (nSPS) is 21.9. The Labute approximate surface area is 108 Å². The number of carbonyl (C=O) groups is 1. The first-order valence-electron chi connectivity index (χ1n) is 6.33. The number of sulfone groups is 1. The lowest BCUT2D eigenvalue weighted by Crippen LogP contribution is -2.11. The Kier molecular flexibility index (Phi) is 3.85. The fourth-order valence-corrected chi connectivity index (χ4v) is 4.24. The summed E-state index contributed by atoms with van der Waals surface area (Å²) >= 11 is 0. The monoisotopic (exact) mass is 266 g/mol. The fraction of sp³-hybridized carbons (Fsp3) is 0.500. The van der Waals surface area contributed by atoms with Gasteiger partial charge in [0.05, 0.1) is 11.5 Å². The predicted molar refractivity (Wildman–Crippen MR) is 71.5 cm³/mol. The van der Waals surface area contributed by atoms with E-state index in [1.54, 1.807) is 0 Å². The van der Waals surface area contributed by atoms with E-state index in [0.717, 1.165) is 12.0 Å². The van der Waals surface area contributed by atoms with Crippen LogP contribution in [0.15, 0.2) is 24.3 Å². The van der Waals surface area contributed by atoms with Gasteiger partial charge in [0, 0.05) is 12.0 Å². The Bertz CT molecular complexity index is 546. The second-order valence-corrected chi connectivity index (χ2v) is 7.18. The van der Waals surface area contributed by atoms with Gasteiger partial charge in [-0.05, 0) is 30.4 Å². The van der Waals surface area contributed by atoms with Gasteiger partial charge in [0.25, 0.3) is 0 Å². The first kappa shape index (κ1) is 13.3. The average molecular weight is 266 g/mol. The Hall–Kier alpha value is -1.16. The number of Topliss-reactive ketones (excluding diaryl/α,β-unsaturated/α-hetero) is 1. The van der Waals surface area contributed by atoms with Crippen molar-refractivity contribution in [2.24, 2.45) is 5.92 Å². The molecule has 1 heterocycles. The molecule has 0 radical (unpaired) electrons. The van der Waals surface area contributed by atoms with Crippen LogP contribution < -0.4 is 0 Å². The molecule has 1 saturated heterocycles. The molecule has 1 aromatic carbocycles. The molecule has 0 saturated carbocycles. The van der Waals surface area contributed by atoms with E-state index < -0.39 is 9.84 Å². The number of carbonyl (C=O) groups excluding carboxylic acids is 1. The van der Waals surface area contributed by atoms with Crippen molar-refractivity contribution in [3.8, 4) is 0 Å². The van der Waals surface area contributed by atoms with Gasteiger partial charge in [-0.3, -0.25) is 4.79 Å². The standard InChI is InChI=1S/C14H18O3S/c1-2-11-4-3-5-13(8-11)14(15)9-12-6-7-18(16,17)10-12/h3-5,8,12H,2,6-7,9-10H2,1H3. The number of hydrogen-bond donors (Lipinski definition) is 0. The van der Waals surface area contributed by atoms with E-state index in [4.69, 9.17) is 0 Å². The first-order valence-corrected chi connectivity index (χ1v) is 8.15. The van der Waals surface area contributed by atoms with Gasteiger partial charge in [-0.1, -0.05) is 25.1 Å². The summed E-state index contributed by atoms with van der Waals surface area (Å²) in [4.78, 5) is 12.1. The molecule has 0 spiro atoms. The van der Waals surface area contributed by atoms with Gasteiger partial charge in [0.15, 0.2) is 15.6 Å². The van der Waals surface area contributed by atoms with Crippen LogP contribution in [0.3, 0.4) is 0 Å². The van der Waals surface area contributed by atoms with Crippen molar-refractivity contribution in [1.29, 1.82) is 0 Å². The number of rotatable bonds is 4. The van der Waals surface area contributed by atoms with E-state index in [1.165, 1.54) is 0 Å². The minimum atomic E-state index is -2.89. The lowest BCUT2D eigenvalue weighted by atomic mass is 9.96. The average Bonchev–Trinajstić information content (AvgIpc) is 2.68. The molecule has 1 unspecified atom stereocenters. The van der Waals surface area contributed by atoms with Crippen LogP contribution >= 0.6 is 0 Å². The van der Waals surface area contributed by atoms with Crippen LogP contribution in [0.2, 0.25) is 0 Å². The Balaban J connectivity index is 2.04. The predicted octanol–water partition coefficient (Wildman–Crippen LogP) is 2.26. The summed E-state index contributed by atoms with van der Waals surface area (Å²) in [5.41, 5.74) is 1.85. The highest BCUT2D eigenvalue weighted by Gasteiger charge is 2.29. The zero-order chi connectivity index (χ0) is 13.2. The molecule has 18 heavy (non-hydrogen) atoms. The van der Waals surface area contributed by atoms with E-state index in [9.17, 15) is 13.2 Å². The maximum absolute atomic E-state index is 12.1. The molecule has 1 aliphatic heterocycles. The van der Waals surface area contributed by atoms with Gasteiger partial charge in [-0.25, -0.2) is 8.42 Å². The van der Waals surface area contributed by atoms with Gasteiger partial charge in [-0.15, -0.1) is 0 Å². The molecule has 0 aliphatic carbocycles. The van der Waals surface area contributed by atoms with Crippen molar-refractivity contribution in [2.45, 2.75) is 26.2 Å². The first-order chi connectivity index (χ1) is 8.50. The van der Waals surface area contributed by atoms with Crippen molar-refractivity contribution in [3.05, 3.63) is 35.4 Å². The smallest absolute Gasteiger partial charge is 0.163 e. The van der Waals surface area contributed by atoms with Gasteiger partial charge >= 0.3 is 0 Å². The largest absolute Gasteiger partial charge is 0.294 e. The molecule has 98 valence electrons. The van der Waals surface area contributed by atoms with Gasteiger partial charge in [0.2, 0.25) is 0 Å². The lowest BCUT2D eigenvalue weighted by molar-refractivity contribution is 0.0965. The van der Waals surface area contributed by atoms with Gasteiger partial charge < -0.3 is 0 Å². The summed E-state index contributed by atoms with van der Waals surface area (Å²) in [7, 11) is -2.89. The highest BCUT2D eigenvalue weighted by atomic mass is 32.2. The van der Waals surface area contributed by atoms with E-state index in [-0.39, 0.29) is 23.2 Å². The van der Waals surface area contributed by atoms with Crippen molar-refractivity contribution < 1.29 is 13.2 Å². The quantitative estimate of drug-likeness (QED) is 0.785. The molecule has 3 nitrogen and oxygen atoms in total. The fourth-order valence-electron chi connectivity index (χ4n) is 2.38. The van der Waals surface area contributed by atoms with Gasteiger partial charge in [0.1, 0.15) is 0 Å². The van der Waals surface area contributed by atoms with Crippen molar-refractivity contribution in [2.75, 3.05) is 11.5 Å². The highest BCUT2D eigenvalue weighted by Crippen LogP contribution is 2.23. The van der Waals surface area contributed by atoms with E-state index >= 15 is 0 Å². The summed E-state index contributed by atoms with van der Waals surface area (Å²) in [6, 6.07) is 7.60. The third-order valence-electron chi connectivity index (χ3n) is 3.46. The second kappa shape index (κ2) is 5.22. The molecule has 1 atom stereocenters. The van der Waals surface area contributed by atoms with Crippen LogP contribution in [0.25, 0.3) is 0 Å². The maximum Gasteiger partial charge on any atom is 0.163 e. The molecular weight excluding hydrogens is 248 g/mol. The van der Waals surface area contributed by atoms with Crippen molar-refractivity contribution >= 4 is 15.6 Å². The van der Waals surface area contributed by atoms with E-state index in [0.29, 0.717) is 18.4 Å². The summed E-state index contributed by atoms with van der Waals surface area (Å²) in [6.07, 6.45) is 1.88. The molecule has 0 aromatic heterocycles. The number of aryl methyl sites for hydroxylation is 1. The van der Waals surface area contributed by atoms with Gasteiger partial charge in [-0.2, -0.15) is 0 Å². The molecular formula is C14H18O3S. The molecule has 4 heteroatoms.